The number of halogens is 2. The average Bonchev–Trinajstić information content (AvgIpc) is 2.75. The number of hydrogen-bond donors (Lipinski definition) is 1. The maximum absolute atomic E-state index is 10.8. The molecule has 6 nitrogen and oxygen atoms in total. The third kappa shape index (κ3) is 10.0. The van der Waals surface area contributed by atoms with Gasteiger partial charge < -0.3 is 14.6 Å². The second kappa shape index (κ2) is 20.4. The quantitative estimate of drug-likeness (QED) is 0.254. The van der Waals surface area contributed by atoms with Crippen LogP contribution in [0, 0.1) is 57.2 Å². The van der Waals surface area contributed by atoms with Gasteiger partial charge in [-0.2, -0.15) is 0 Å². The van der Waals surface area contributed by atoms with Gasteiger partial charge in [-0.3, -0.25) is 0 Å². The van der Waals surface area contributed by atoms with Crippen LogP contribution in [0.15, 0.2) is 23.0 Å². The molecule has 0 unspecified atom stereocenters. The van der Waals surface area contributed by atoms with Gasteiger partial charge in [0.15, 0.2) is 0 Å². The summed E-state index contributed by atoms with van der Waals surface area (Å²) in [7, 11) is 3.41. The molecule has 0 aliphatic heterocycles. The van der Waals surface area contributed by atoms with Gasteiger partial charge in [0.25, 0.3) is 0 Å². The molecule has 0 saturated heterocycles. The normalized spacial score (nSPS) is 28.1. The average molecular weight is 805 g/mol. The number of aliphatic hydroxyl groups is 1. The summed E-state index contributed by atoms with van der Waals surface area (Å²) in [6, 6.07) is 0. The molecule has 0 aromatic rings. The van der Waals surface area contributed by atoms with Crippen molar-refractivity contribution in [2.75, 3.05) is 14.2 Å². The minimum atomic E-state index is -0.687. The zero-order chi connectivity index (χ0) is 22.3. The Morgan fingerprint density at radius 2 is 1.66 bits per heavy atom. The molecule has 0 amide bonds. The molecule has 29 heavy (non-hydrogen) atoms. The van der Waals surface area contributed by atoms with Crippen molar-refractivity contribution in [1.82, 2.24) is 0 Å². The summed E-state index contributed by atoms with van der Waals surface area (Å²) in [4.78, 5) is 0. The fourth-order valence-electron chi connectivity index (χ4n) is 4.30. The van der Waals surface area contributed by atoms with E-state index in [1.165, 1.54) is 24.0 Å². The molecule has 3 aliphatic rings. The van der Waals surface area contributed by atoms with E-state index in [1.807, 2.05) is 6.92 Å². The van der Waals surface area contributed by atoms with E-state index in [2.05, 4.69) is 54.6 Å². The van der Waals surface area contributed by atoms with E-state index in [4.69, 9.17) is 23.4 Å². The molecule has 0 aromatic carbocycles. The van der Waals surface area contributed by atoms with Crippen LogP contribution in [0.25, 0.3) is 0 Å². The molecule has 3 aliphatic carbocycles. The summed E-state index contributed by atoms with van der Waals surface area (Å²) < 4.78 is 33.7. The zero-order valence-electron chi connectivity index (χ0n) is 16.4. The predicted octanol–water partition coefficient (Wildman–Crippen LogP) is 4.46. The summed E-state index contributed by atoms with van der Waals surface area (Å²) in [6.07, 6.45) is 7.61. The van der Waals surface area contributed by atoms with Gasteiger partial charge in [-0.25, -0.2) is 0 Å². The van der Waals surface area contributed by atoms with E-state index in [0.717, 1.165) is 25.0 Å². The fourth-order valence-corrected chi connectivity index (χ4v) is 4.30. The maximum atomic E-state index is 10.8. The Balaban J connectivity index is -0.000000595. The zero-order valence-corrected chi connectivity index (χ0v) is 24.6. The van der Waals surface area contributed by atoms with Crippen LogP contribution < -0.4 is 0 Å². The molecule has 10 heteroatoms. The molecule has 1 fully saturated rings. The van der Waals surface area contributed by atoms with Crippen molar-refractivity contribution < 1.29 is 71.4 Å². The predicted molar refractivity (Wildman–Crippen MR) is 113 cm³/mol. The van der Waals surface area contributed by atoms with Gasteiger partial charge in [-0.15, -0.1) is 0 Å². The van der Waals surface area contributed by atoms with Crippen molar-refractivity contribution in [3.63, 3.8) is 0 Å². The molecule has 0 radical (unpaired) electrons. The first-order valence-corrected chi connectivity index (χ1v) is 23.3. The van der Waals surface area contributed by atoms with E-state index in [0.29, 0.717) is 5.92 Å². The van der Waals surface area contributed by atoms with Crippen LogP contribution in [0.3, 0.4) is 0 Å². The molecule has 0 heterocycles. The number of methoxy groups -OCH3 is 2. The van der Waals surface area contributed by atoms with Crippen molar-refractivity contribution in [2.24, 2.45) is 11.8 Å². The summed E-state index contributed by atoms with van der Waals surface area (Å²) in [5, 5.41) is 10.8. The van der Waals surface area contributed by atoms with E-state index in [1.54, 1.807) is 14.2 Å². The van der Waals surface area contributed by atoms with Crippen LogP contribution in [0.2, 0.25) is 0 Å². The van der Waals surface area contributed by atoms with Gasteiger partial charge in [0.1, 0.15) is 11.9 Å². The third-order valence-electron chi connectivity index (χ3n) is 5.20. The third-order valence-corrected chi connectivity index (χ3v) is 5.20. The van der Waals surface area contributed by atoms with Crippen LogP contribution in [-0.4, -0.2) is 31.0 Å². The van der Waals surface area contributed by atoms with E-state index >= 15 is 0 Å². The first-order chi connectivity index (χ1) is 13.5. The number of ether oxygens (including phenoxy) is 2. The number of rotatable bonds is 2. The molecule has 1 saturated carbocycles. The van der Waals surface area contributed by atoms with Crippen molar-refractivity contribution in [1.29, 1.82) is 0 Å². The molecule has 0 aromatic heterocycles. The summed E-state index contributed by atoms with van der Waals surface area (Å²) in [6.45, 7) is 15.5. The molecule has 3 rings (SSSR count). The van der Waals surface area contributed by atoms with Gasteiger partial charge in [0, 0.05) is 30.4 Å². The topological polar surface area (TPSA) is 98.4 Å². The van der Waals surface area contributed by atoms with Crippen LogP contribution >= 0.6 is 28.6 Å². The van der Waals surface area contributed by atoms with Crippen molar-refractivity contribution >= 4 is 28.6 Å². The Morgan fingerprint density at radius 1 is 1.14 bits per heavy atom. The molecule has 162 valence electrons. The molecule has 0 bridgehead atoms. The van der Waals surface area contributed by atoms with Crippen molar-refractivity contribution in [3.05, 3.63) is 42.9 Å². The molecule has 4 atom stereocenters. The molecular formula is C19H24CrI2O6Sm. The summed E-state index contributed by atoms with van der Waals surface area (Å²) in [5.41, 5.74) is 2.16. The number of allylic oxidation sites excluding steroid dienone is 2. The van der Waals surface area contributed by atoms with E-state index in [9.17, 15) is 5.11 Å². The van der Waals surface area contributed by atoms with Crippen molar-refractivity contribution in [2.45, 2.75) is 50.7 Å². The Morgan fingerprint density at radius 3 is 2.10 bits per heavy atom. The first-order valence-electron chi connectivity index (χ1n) is 8.24. The Labute approximate surface area is 216 Å². The Hall–Kier alpha value is 1.75. The molecule has 0 spiro atoms. The Bertz CT molecular complexity index is 575. The minimum absolute atomic E-state index is 0. The number of hydrogen-bond acceptors (Lipinski definition) is 3. The second-order valence-corrected chi connectivity index (χ2v) is 25.8. The summed E-state index contributed by atoms with van der Waals surface area (Å²) >= 11 is 5.07. The monoisotopic (exact) mass is 806 g/mol. The van der Waals surface area contributed by atoms with Gasteiger partial charge >= 0.3 is 87.9 Å². The first kappa shape index (κ1) is 35.3. The van der Waals surface area contributed by atoms with E-state index in [-0.39, 0.29) is 54.8 Å². The van der Waals surface area contributed by atoms with Gasteiger partial charge in [-0.1, -0.05) is 5.57 Å². The van der Waals surface area contributed by atoms with Crippen LogP contribution in [0.4, 0.5) is 0 Å². The van der Waals surface area contributed by atoms with Gasteiger partial charge in [0.2, 0.25) is 0 Å². The van der Waals surface area contributed by atoms with Gasteiger partial charge in [0.05, 0.1) is 12.7 Å². The van der Waals surface area contributed by atoms with Crippen LogP contribution in [-0.2, 0) is 40.8 Å². The fraction of sp³-hybridized carbons (Fsp3) is 0.632. The Kier molecular flexibility index (Phi) is 24.8. The standard InChI is InChI=1S/C16H24O3.3CO.Cr.2HI.Sm/c1-16(17)8-7-10-5-4-6-11-9-12(18-2)15(19-3)14(16)13(10)11;3*1-2;;;;/h9-10,14-15,17H,4-8H2,1-3H3;;;;;2*1H;/q;;;;;;;+2/p-2/t10-,14+,15-,16-;;;;;;;/m1......./s1. The SMILES string of the molecule is COC1=CC2=C3[C@H](CCC2)CC[C@@](C)(O)[C@@H]3[C@@H]1OC.[C-]#[O+].[C-]#[O+].[C-]#[O+].[Cr].[I][Sm][I]. The molecule has 1 N–H and O–H groups in total. The molecular weight excluding hydrogens is 780 g/mol. The summed E-state index contributed by atoms with van der Waals surface area (Å²) in [5.74, 6) is 1.57. The second-order valence-electron chi connectivity index (χ2n) is 6.41. The van der Waals surface area contributed by atoms with Crippen molar-refractivity contribution in [3.8, 4) is 0 Å². The van der Waals surface area contributed by atoms with Crippen LogP contribution in [0.1, 0.15) is 39.0 Å². The van der Waals surface area contributed by atoms with Crippen LogP contribution in [0.5, 0.6) is 0 Å². The van der Waals surface area contributed by atoms with Gasteiger partial charge in [-0.05, 0) is 56.6 Å². The van der Waals surface area contributed by atoms with E-state index < -0.39 is 5.60 Å².